The normalized spacial score (nSPS) is 16.4. The van der Waals surface area contributed by atoms with Crippen LogP contribution in [0, 0.1) is 6.92 Å². The zero-order chi connectivity index (χ0) is 22.7. The molecule has 1 unspecified atom stereocenters. The van der Waals surface area contributed by atoms with Gasteiger partial charge in [-0.05, 0) is 50.1 Å². The SMILES string of the molecule is Cc1cccc(N2CCN(C(=O)CCCOc3cc(=O)n(C)c4ccccc34)CC2C)c1. The van der Waals surface area contributed by atoms with Crippen LogP contribution < -0.4 is 15.2 Å². The van der Waals surface area contributed by atoms with Crippen molar-refractivity contribution in [3.8, 4) is 5.75 Å². The fraction of sp³-hybridized carbons (Fsp3) is 0.385. The van der Waals surface area contributed by atoms with Crippen LogP contribution >= 0.6 is 0 Å². The highest BCUT2D eigenvalue weighted by Gasteiger charge is 2.26. The van der Waals surface area contributed by atoms with Crippen molar-refractivity contribution in [3.63, 3.8) is 0 Å². The number of hydrogen-bond acceptors (Lipinski definition) is 4. The fourth-order valence-corrected chi connectivity index (χ4v) is 4.44. The number of amides is 1. The van der Waals surface area contributed by atoms with Gasteiger partial charge < -0.3 is 19.1 Å². The topological polar surface area (TPSA) is 54.8 Å². The van der Waals surface area contributed by atoms with Crippen LogP contribution in [0.2, 0.25) is 0 Å². The van der Waals surface area contributed by atoms with Gasteiger partial charge in [-0.25, -0.2) is 0 Å². The molecule has 6 heteroatoms. The predicted octanol–water partition coefficient (Wildman–Crippen LogP) is 3.74. The van der Waals surface area contributed by atoms with E-state index >= 15 is 0 Å². The van der Waals surface area contributed by atoms with Crippen molar-refractivity contribution >= 4 is 22.5 Å². The molecule has 1 aromatic heterocycles. The molecule has 0 saturated carbocycles. The summed E-state index contributed by atoms with van der Waals surface area (Å²) in [5.74, 6) is 0.745. The number of fused-ring (bicyclic) bond motifs is 1. The minimum atomic E-state index is -0.102. The number of rotatable bonds is 6. The number of aromatic nitrogens is 1. The number of para-hydroxylation sites is 1. The Morgan fingerprint density at radius 1 is 1.09 bits per heavy atom. The Kier molecular flexibility index (Phi) is 6.49. The van der Waals surface area contributed by atoms with Gasteiger partial charge in [-0.2, -0.15) is 0 Å². The summed E-state index contributed by atoms with van der Waals surface area (Å²) in [5.41, 5.74) is 3.21. The molecule has 32 heavy (non-hydrogen) atoms. The van der Waals surface area contributed by atoms with Crippen LogP contribution in [0.25, 0.3) is 10.9 Å². The summed E-state index contributed by atoms with van der Waals surface area (Å²) in [6.45, 7) is 6.98. The molecule has 1 aliphatic rings. The molecule has 0 radical (unpaired) electrons. The number of pyridine rings is 1. The van der Waals surface area contributed by atoms with Crippen LogP contribution in [0.3, 0.4) is 0 Å². The summed E-state index contributed by atoms with van der Waals surface area (Å²) in [4.78, 5) is 29.3. The van der Waals surface area contributed by atoms with Crippen molar-refractivity contribution in [2.45, 2.75) is 32.7 Å². The third kappa shape index (κ3) is 4.64. The summed E-state index contributed by atoms with van der Waals surface area (Å²) in [6, 6.07) is 18.0. The molecular weight excluding hydrogens is 402 g/mol. The molecule has 1 amide bonds. The summed E-state index contributed by atoms with van der Waals surface area (Å²) in [7, 11) is 1.76. The highest BCUT2D eigenvalue weighted by Crippen LogP contribution is 2.24. The van der Waals surface area contributed by atoms with Gasteiger partial charge in [-0.15, -0.1) is 0 Å². The third-order valence-electron chi connectivity index (χ3n) is 6.22. The smallest absolute Gasteiger partial charge is 0.254 e. The zero-order valence-corrected chi connectivity index (χ0v) is 19.1. The maximum Gasteiger partial charge on any atom is 0.254 e. The van der Waals surface area contributed by atoms with Gasteiger partial charge in [-0.3, -0.25) is 9.59 Å². The van der Waals surface area contributed by atoms with E-state index in [1.54, 1.807) is 11.6 Å². The lowest BCUT2D eigenvalue weighted by Gasteiger charge is -2.41. The number of hydrogen-bond donors (Lipinski definition) is 0. The molecule has 1 saturated heterocycles. The molecule has 0 spiro atoms. The van der Waals surface area contributed by atoms with Crippen molar-refractivity contribution in [1.29, 1.82) is 0 Å². The Morgan fingerprint density at radius 2 is 1.91 bits per heavy atom. The van der Waals surface area contributed by atoms with Gasteiger partial charge >= 0.3 is 0 Å². The monoisotopic (exact) mass is 433 g/mol. The molecule has 1 aliphatic heterocycles. The van der Waals surface area contributed by atoms with Gasteiger partial charge in [0.25, 0.3) is 5.56 Å². The van der Waals surface area contributed by atoms with Crippen molar-refractivity contribution < 1.29 is 9.53 Å². The van der Waals surface area contributed by atoms with Crippen LogP contribution in [0.1, 0.15) is 25.3 Å². The van der Waals surface area contributed by atoms with E-state index in [0.29, 0.717) is 25.2 Å². The molecule has 0 N–H and O–H groups in total. The largest absolute Gasteiger partial charge is 0.493 e. The second kappa shape index (κ2) is 9.47. The van der Waals surface area contributed by atoms with Crippen molar-refractivity contribution in [2.24, 2.45) is 7.05 Å². The van der Waals surface area contributed by atoms with Gasteiger partial charge in [-0.1, -0.05) is 24.3 Å². The molecule has 1 fully saturated rings. The van der Waals surface area contributed by atoms with E-state index in [0.717, 1.165) is 30.5 Å². The average Bonchev–Trinajstić information content (AvgIpc) is 2.79. The van der Waals surface area contributed by atoms with E-state index in [-0.39, 0.29) is 17.5 Å². The first-order valence-corrected chi connectivity index (χ1v) is 11.3. The summed E-state index contributed by atoms with van der Waals surface area (Å²) in [5, 5.41) is 0.905. The lowest BCUT2D eigenvalue weighted by atomic mass is 10.1. The number of carbonyl (C=O) groups excluding carboxylic acids is 1. The van der Waals surface area contributed by atoms with Gasteiger partial charge in [0.1, 0.15) is 5.75 Å². The number of ether oxygens (including phenoxy) is 1. The second-order valence-corrected chi connectivity index (χ2v) is 8.60. The number of benzene rings is 2. The van der Waals surface area contributed by atoms with E-state index in [2.05, 4.69) is 43.0 Å². The Labute approximate surface area is 189 Å². The van der Waals surface area contributed by atoms with Gasteiger partial charge in [0.05, 0.1) is 12.1 Å². The molecule has 0 aliphatic carbocycles. The van der Waals surface area contributed by atoms with Crippen LogP contribution in [0.4, 0.5) is 5.69 Å². The average molecular weight is 434 g/mol. The van der Waals surface area contributed by atoms with Crippen molar-refractivity contribution in [1.82, 2.24) is 9.47 Å². The molecule has 2 heterocycles. The van der Waals surface area contributed by atoms with E-state index in [9.17, 15) is 9.59 Å². The summed E-state index contributed by atoms with van der Waals surface area (Å²) in [6.07, 6.45) is 1.06. The number of piperazine rings is 1. The molecule has 3 aromatic rings. The van der Waals surface area contributed by atoms with E-state index in [1.165, 1.54) is 17.3 Å². The molecule has 1 atom stereocenters. The Bertz CT molecular complexity index is 1170. The van der Waals surface area contributed by atoms with Crippen LogP contribution in [-0.2, 0) is 11.8 Å². The molecule has 4 rings (SSSR count). The van der Waals surface area contributed by atoms with E-state index in [4.69, 9.17) is 4.74 Å². The summed E-state index contributed by atoms with van der Waals surface area (Å²) >= 11 is 0. The number of nitrogens with zero attached hydrogens (tertiary/aromatic N) is 3. The second-order valence-electron chi connectivity index (χ2n) is 8.60. The number of aryl methyl sites for hydroxylation is 2. The van der Waals surface area contributed by atoms with E-state index in [1.807, 2.05) is 29.2 Å². The quantitative estimate of drug-likeness (QED) is 0.556. The van der Waals surface area contributed by atoms with Crippen LogP contribution in [0.5, 0.6) is 5.75 Å². The Balaban J connectivity index is 1.30. The first kappa shape index (κ1) is 21.9. The highest BCUT2D eigenvalue weighted by atomic mass is 16.5. The van der Waals surface area contributed by atoms with Gasteiger partial charge in [0.15, 0.2) is 0 Å². The molecule has 2 aromatic carbocycles. The fourth-order valence-electron chi connectivity index (χ4n) is 4.44. The van der Waals surface area contributed by atoms with Gasteiger partial charge in [0, 0.05) is 56.3 Å². The minimum Gasteiger partial charge on any atom is -0.493 e. The Morgan fingerprint density at radius 3 is 2.69 bits per heavy atom. The first-order chi connectivity index (χ1) is 15.4. The lowest BCUT2D eigenvalue weighted by Crippen LogP contribution is -2.53. The van der Waals surface area contributed by atoms with Crippen LogP contribution in [0.15, 0.2) is 59.4 Å². The standard InChI is InChI=1S/C26H31N3O3/c1-19-8-6-9-21(16-19)29-14-13-28(18-20(29)2)25(30)12-7-15-32-24-17-26(31)27(3)23-11-5-4-10-22(23)24/h4-6,8-11,16-17,20H,7,12-15,18H2,1-3H3. The molecule has 6 nitrogen and oxygen atoms in total. The highest BCUT2D eigenvalue weighted by molar-refractivity contribution is 5.85. The Hall–Kier alpha value is -3.28. The van der Waals surface area contributed by atoms with Crippen LogP contribution in [-0.4, -0.2) is 47.7 Å². The molecule has 168 valence electrons. The first-order valence-electron chi connectivity index (χ1n) is 11.3. The number of carbonyl (C=O) groups is 1. The maximum atomic E-state index is 12.8. The van der Waals surface area contributed by atoms with Crippen molar-refractivity contribution in [3.05, 3.63) is 70.5 Å². The number of anilines is 1. The predicted molar refractivity (Wildman–Crippen MR) is 128 cm³/mol. The summed E-state index contributed by atoms with van der Waals surface area (Å²) < 4.78 is 7.52. The maximum absolute atomic E-state index is 12.8. The van der Waals surface area contributed by atoms with Gasteiger partial charge in [0.2, 0.25) is 5.91 Å². The third-order valence-corrected chi connectivity index (χ3v) is 6.22. The molecule has 0 bridgehead atoms. The lowest BCUT2D eigenvalue weighted by molar-refractivity contribution is -0.132. The van der Waals surface area contributed by atoms with E-state index < -0.39 is 0 Å². The minimum absolute atomic E-state index is 0.102. The zero-order valence-electron chi connectivity index (χ0n) is 19.1. The van der Waals surface area contributed by atoms with Crippen molar-refractivity contribution in [2.75, 3.05) is 31.1 Å². The molecular formula is C26H31N3O3.